The van der Waals surface area contributed by atoms with Crippen LogP contribution in [0.2, 0.25) is 0 Å². The van der Waals surface area contributed by atoms with Crippen LogP contribution in [-0.4, -0.2) is 321 Å². The smallest absolute Gasteiger partial charge is 0.410 e. The van der Waals surface area contributed by atoms with Crippen LogP contribution < -0.4 is 0 Å². The summed E-state index contributed by atoms with van der Waals surface area (Å²) in [6.07, 6.45) is 17.8. The van der Waals surface area contributed by atoms with E-state index < -0.39 is 16.8 Å². The number of rotatable bonds is 8. The molecular formula is C88H164N12O12. The number of ether oxygens (including phenoxy) is 6. The maximum absolute atomic E-state index is 12.5. The lowest BCUT2D eigenvalue weighted by molar-refractivity contribution is -0.0784. The Morgan fingerprint density at radius 1 is 0.277 bits per heavy atom. The third kappa shape index (κ3) is 26.2. The van der Waals surface area contributed by atoms with Crippen LogP contribution in [0.5, 0.6) is 0 Å². The predicted molar refractivity (Wildman–Crippen MR) is 448 cm³/mol. The van der Waals surface area contributed by atoms with Crippen LogP contribution in [0.25, 0.3) is 0 Å². The zero-order valence-electron chi connectivity index (χ0n) is 76.2. The van der Waals surface area contributed by atoms with Crippen LogP contribution in [0.3, 0.4) is 0 Å². The van der Waals surface area contributed by atoms with Gasteiger partial charge in [0.25, 0.3) is 0 Å². The minimum absolute atomic E-state index is 0.0168. The van der Waals surface area contributed by atoms with E-state index in [1.54, 1.807) is 0 Å². The normalized spacial score (nSPS) is 25.3. The van der Waals surface area contributed by atoms with Crippen molar-refractivity contribution in [3.63, 3.8) is 0 Å². The van der Waals surface area contributed by atoms with Gasteiger partial charge in [-0.25, -0.2) is 28.8 Å². The first-order chi connectivity index (χ1) is 51.9. The average Bonchev–Trinajstić information content (AvgIpc) is 0.910. The third-order valence-electron chi connectivity index (χ3n) is 26.0. The van der Waals surface area contributed by atoms with Gasteiger partial charge in [0, 0.05) is 144 Å². The van der Waals surface area contributed by atoms with Gasteiger partial charge in [0.1, 0.15) is 22.4 Å². The SMILES string of the molecule is CC(C)N1CCC2(CC1)CCN2C(=O)OC(C)(C)C.CC(C)N1CCC2(CC1)CN(C(=O)OC(C)(C)C)C2.CC(C)N1CCC2(CCCCN2C(=O)OC(C)(C)C)C1.CC(C)N1CCCC2(CCN2C(=O)OC(C)(C)C)C1.CC(C)OC(=O)N1CC2(CCN(C(C)C)CC2)C1.CCOC(=O)N1CC2(CCN(C(C)C)CC2)C1. The van der Waals surface area contributed by atoms with E-state index in [2.05, 4.69) is 112 Å². The molecule has 648 valence electrons. The molecule has 0 aromatic rings. The molecule has 0 N–H and O–H groups in total. The molecule has 12 heterocycles. The number of piperidine rings is 6. The molecule has 24 nitrogen and oxygen atoms in total. The number of carbonyl (C=O) groups excluding carboxylic acids is 6. The zero-order chi connectivity index (χ0) is 83.5. The predicted octanol–water partition coefficient (Wildman–Crippen LogP) is 16.0. The molecule has 12 aliphatic rings. The molecule has 12 rings (SSSR count). The van der Waals surface area contributed by atoms with Crippen molar-refractivity contribution in [2.24, 2.45) is 16.2 Å². The lowest BCUT2D eigenvalue weighted by Gasteiger charge is -2.57. The van der Waals surface area contributed by atoms with E-state index in [-0.39, 0.29) is 64.9 Å². The van der Waals surface area contributed by atoms with Gasteiger partial charge < -0.3 is 77.4 Å². The Morgan fingerprint density at radius 3 is 0.848 bits per heavy atom. The maximum Gasteiger partial charge on any atom is 0.410 e. The number of nitrogens with zero attached hydrogens (tertiary/aromatic N) is 12. The summed E-state index contributed by atoms with van der Waals surface area (Å²) in [7, 11) is 0. The van der Waals surface area contributed by atoms with Gasteiger partial charge in [-0.15, -0.1) is 0 Å². The Kier molecular flexibility index (Phi) is 32.8. The van der Waals surface area contributed by atoms with Crippen LogP contribution in [-0.2, 0) is 28.4 Å². The number of likely N-dealkylation sites (tertiary alicyclic amines) is 12. The zero-order valence-corrected chi connectivity index (χ0v) is 76.2. The summed E-state index contributed by atoms with van der Waals surface area (Å²) in [5.41, 5.74) is -0.273. The third-order valence-corrected chi connectivity index (χ3v) is 26.0. The van der Waals surface area contributed by atoms with Crippen LogP contribution in [0, 0.1) is 16.2 Å². The molecule has 24 heteroatoms. The highest BCUT2D eigenvalue weighted by Gasteiger charge is 2.55. The van der Waals surface area contributed by atoms with Crippen LogP contribution in [0.1, 0.15) is 290 Å². The summed E-state index contributed by atoms with van der Waals surface area (Å²) >= 11 is 0. The Labute approximate surface area is 680 Å². The molecule has 12 aliphatic heterocycles. The summed E-state index contributed by atoms with van der Waals surface area (Å²) in [5, 5.41) is 0. The minimum Gasteiger partial charge on any atom is -0.450 e. The monoisotopic (exact) mass is 1580 g/mol. The summed E-state index contributed by atoms with van der Waals surface area (Å²) in [5.74, 6) is 0. The van der Waals surface area contributed by atoms with Crippen LogP contribution >= 0.6 is 0 Å². The van der Waals surface area contributed by atoms with E-state index in [1.165, 1.54) is 90.6 Å². The maximum atomic E-state index is 12.5. The van der Waals surface area contributed by atoms with E-state index in [1.807, 2.05) is 133 Å². The molecule has 0 aromatic carbocycles. The second-order valence-corrected chi connectivity index (χ2v) is 41.7. The highest BCUT2D eigenvalue weighted by Crippen LogP contribution is 2.47. The van der Waals surface area contributed by atoms with Crippen molar-refractivity contribution in [1.29, 1.82) is 0 Å². The Hall–Kier alpha value is -4.62. The fourth-order valence-electron chi connectivity index (χ4n) is 18.7. The molecule has 2 unspecified atom stereocenters. The first-order valence-electron chi connectivity index (χ1n) is 44.2. The molecule has 2 atom stereocenters. The lowest BCUT2D eigenvalue weighted by atomic mass is 9.72. The van der Waals surface area contributed by atoms with Gasteiger partial charge in [0.2, 0.25) is 0 Å². The molecule has 12 fully saturated rings. The standard InChI is InChI=1S/C16H30N2O2.3C15H28N2O2.C14H26N2O2.C13H24N2O2/c1-13(2)17-11-9-16(12-17)8-6-7-10-18(16)14(19)20-15(3,4)5;1-12(2)16-9-6-15(7-10-16)8-11-17(15)13(18)19-14(3,4)5;1-12(2)16-8-6-15(7-9-16)10-17(11-15)13(18)19-14(3,4)5;1-12(2)16-9-6-7-15(11-16)8-10-17(15)13(18)19-14(3,4)5;1-11(2)15-7-5-14(6-8-15)9-16(10-14)13(17)18-12(3)4;1-4-17-12(16)15-9-13(10-15)5-7-14(8-6-13)11(2)3/h13H,6-12H2,1-5H3;3*12H,6-11H2,1-5H3;11-12H,5-10H2,1-4H3;11H,4-10H2,1-3H3. The van der Waals surface area contributed by atoms with E-state index in [4.69, 9.17) is 28.4 Å². The summed E-state index contributed by atoms with van der Waals surface area (Å²) in [6.45, 7) is 77.6. The lowest BCUT2D eigenvalue weighted by Crippen LogP contribution is -2.69. The molecule has 6 spiro atoms. The first kappa shape index (κ1) is 94.5. The van der Waals surface area contributed by atoms with Crippen LogP contribution in [0.4, 0.5) is 28.8 Å². The molecule has 0 bridgehead atoms. The van der Waals surface area contributed by atoms with Gasteiger partial charge >= 0.3 is 36.6 Å². The van der Waals surface area contributed by atoms with Gasteiger partial charge in [-0.3, -0.25) is 9.80 Å². The number of amides is 6. The topological polar surface area (TPSA) is 197 Å². The summed E-state index contributed by atoms with van der Waals surface area (Å²) in [6, 6.07) is 3.64. The van der Waals surface area contributed by atoms with Gasteiger partial charge in [0.05, 0.1) is 29.3 Å². The van der Waals surface area contributed by atoms with Crippen LogP contribution in [0.15, 0.2) is 0 Å². The second-order valence-electron chi connectivity index (χ2n) is 41.7. The average molecular weight is 1580 g/mol. The summed E-state index contributed by atoms with van der Waals surface area (Å²) in [4.78, 5) is 98.8. The minimum atomic E-state index is -0.411. The fourth-order valence-corrected chi connectivity index (χ4v) is 18.7. The van der Waals surface area contributed by atoms with E-state index in [0.29, 0.717) is 59.1 Å². The van der Waals surface area contributed by atoms with Crippen molar-refractivity contribution in [2.75, 3.05) is 144 Å². The van der Waals surface area contributed by atoms with E-state index >= 15 is 0 Å². The van der Waals surface area contributed by atoms with Gasteiger partial charge in [-0.05, 0) is 335 Å². The molecule has 0 saturated carbocycles. The largest absolute Gasteiger partial charge is 0.450 e. The molecule has 12 saturated heterocycles. The highest BCUT2D eigenvalue weighted by atomic mass is 16.6. The van der Waals surface area contributed by atoms with Crippen molar-refractivity contribution in [1.82, 2.24) is 58.8 Å². The molecular weight excluding hydrogens is 1420 g/mol. The fraction of sp³-hybridized carbons (Fsp3) is 0.932. The first-order valence-corrected chi connectivity index (χ1v) is 44.2. The number of carbonyl (C=O) groups is 6. The number of hydrogen-bond donors (Lipinski definition) is 0. The quantitative estimate of drug-likeness (QED) is 0.208. The Balaban J connectivity index is 0.000000187. The number of hydrogen-bond acceptors (Lipinski definition) is 18. The van der Waals surface area contributed by atoms with Crippen molar-refractivity contribution in [3.8, 4) is 0 Å². The molecule has 0 aromatic heterocycles. The van der Waals surface area contributed by atoms with Crippen molar-refractivity contribution in [2.45, 2.75) is 371 Å². The van der Waals surface area contributed by atoms with E-state index in [0.717, 1.165) is 150 Å². The highest BCUT2D eigenvalue weighted by molar-refractivity contribution is 5.72. The molecule has 112 heavy (non-hydrogen) atoms. The molecule has 0 radical (unpaired) electrons. The molecule has 0 aliphatic carbocycles. The van der Waals surface area contributed by atoms with E-state index in [9.17, 15) is 28.8 Å². The van der Waals surface area contributed by atoms with Crippen molar-refractivity contribution < 1.29 is 57.2 Å². The van der Waals surface area contributed by atoms with Crippen molar-refractivity contribution >= 4 is 36.6 Å². The second kappa shape index (κ2) is 38.8. The van der Waals surface area contributed by atoms with Crippen molar-refractivity contribution in [3.05, 3.63) is 0 Å². The Bertz CT molecular complexity index is 2970. The van der Waals surface area contributed by atoms with Gasteiger partial charge in [-0.2, -0.15) is 0 Å². The van der Waals surface area contributed by atoms with Gasteiger partial charge in [0.15, 0.2) is 0 Å². The van der Waals surface area contributed by atoms with Gasteiger partial charge in [-0.1, -0.05) is 0 Å². The molecule has 6 amide bonds. The summed E-state index contributed by atoms with van der Waals surface area (Å²) < 4.78 is 32.3. The Morgan fingerprint density at radius 2 is 0.545 bits per heavy atom.